The van der Waals surface area contributed by atoms with Crippen LogP contribution in [-0.2, 0) is 6.42 Å². The molecule has 32 heavy (non-hydrogen) atoms. The second kappa shape index (κ2) is 8.43. The van der Waals surface area contributed by atoms with Crippen LogP contribution in [-0.4, -0.2) is 38.3 Å². The quantitative estimate of drug-likeness (QED) is 0.444. The summed E-state index contributed by atoms with van der Waals surface area (Å²) >= 11 is 1.52. The minimum absolute atomic E-state index is 0.00447. The van der Waals surface area contributed by atoms with Gasteiger partial charge in [-0.2, -0.15) is 0 Å². The number of piperidine rings is 1. The van der Waals surface area contributed by atoms with E-state index in [1.165, 1.54) is 17.4 Å². The van der Waals surface area contributed by atoms with Gasteiger partial charge in [0.2, 0.25) is 0 Å². The number of benzene rings is 2. The molecule has 164 valence electrons. The van der Waals surface area contributed by atoms with Crippen molar-refractivity contribution in [3.8, 4) is 10.4 Å². The van der Waals surface area contributed by atoms with E-state index >= 15 is 0 Å². The molecule has 8 heteroatoms. The lowest BCUT2D eigenvalue weighted by atomic mass is 9.98. The van der Waals surface area contributed by atoms with Crippen LogP contribution in [0, 0.1) is 18.6 Å². The highest BCUT2D eigenvalue weighted by atomic mass is 32.1. The summed E-state index contributed by atoms with van der Waals surface area (Å²) in [6.07, 6.45) is 3.19. The molecule has 0 aliphatic carbocycles. The Labute approximate surface area is 188 Å². The highest BCUT2D eigenvalue weighted by molar-refractivity contribution is 7.15. The maximum atomic E-state index is 14.1. The number of likely N-dealkylation sites (tertiary alicyclic amines) is 1. The van der Waals surface area contributed by atoms with E-state index in [0.29, 0.717) is 30.0 Å². The number of thiazole rings is 1. The number of hydrogen-bond acceptors (Lipinski definition) is 4. The van der Waals surface area contributed by atoms with Gasteiger partial charge in [-0.25, -0.2) is 18.7 Å². The highest BCUT2D eigenvalue weighted by Gasteiger charge is 2.31. The Morgan fingerprint density at radius 2 is 1.97 bits per heavy atom. The lowest BCUT2D eigenvalue weighted by molar-refractivity contribution is 0.0607. The number of carbonyl (C=O) groups excluding carboxylic acids is 1. The van der Waals surface area contributed by atoms with Crippen molar-refractivity contribution in [3.63, 3.8) is 0 Å². The van der Waals surface area contributed by atoms with Crippen molar-refractivity contribution < 1.29 is 13.6 Å². The molecule has 3 heterocycles. The molecule has 1 saturated heterocycles. The molecule has 5 rings (SSSR count). The number of aromatic nitrogens is 3. The number of fused-ring (bicyclic) bond motifs is 1. The fourth-order valence-electron chi connectivity index (χ4n) is 4.36. The van der Waals surface area contributed by atoms with Crippen LogP contribution in [0.4, 0.5) is 8.78 Å². The smallest absolute Gasteiger partial charge is 0.274 e. The van der Waals surface area contributed by atoms with Gasteiger partial charge in [-0.3, -0.25) is 4.79 Å². The summed E-state index contributed by atoms with van der Waals surface area (Å²) in [6.45, 7) is 2.54. The zero-order valence-electron chi connectivity index (χ0n) is 17.6. The topological polar surface area (TPSA) is 61.9 Å². The van der Waals surface area contributed by atoms with E-state index in [9.17, 15) is 13.6 Å². The first kappa shape index (κ1) is 20.8. The third-order valence-electron chi connectivity index (χ3n) is 5.88. The predicted molar refractivity (Wildman–Crippen MR) is 121 cm³/mol. The van der Waals surface area contributed by atoms with Crippen LogP contribution in [0.3, 0.4) is 0 Å². The molecule has 1 atom stereocenters. The Morgan fingerprint density at radius 1 is 1.16 bits per heavy atom. The number of amides is 1. The SMILES string of the molecule is Cc1nc(C(=O)N2CCCCC2Cc2nc3c(F)c(F)ccc3[nH]2)c(-c2ccccc2)s1. The minimum atomic E-state index is -0.952. The van der Waals surface area contributed by atoms with Crippen LogP contribution in [0.15, 0.2) is 42.5 Å². The summed E-state index contributed by atoms with van der Waals surface area (Å²) in [7, 11) is 0. The Morgan fingerprint density at radius 3 is 2.78 bits per heavy atom. The van der Waals surface area contributed by atoms with E-state index in [2.05, 4.69) is 15.0 Å². The number of halogens is 2. The van der Waals surface area contributed by atoms with Crippen molar-refractivity contribution in [2.75, 3.05) is 6.54 Å². The predicted octanol–water partition coefficient (Wildman–Crippen LogP) is 5.51. The molecule has 0 saturated carbocycles. The average Bonchev–Trinajstić information content (AvgIpc) is 3.40. The first-order valence-electron chi connectivity index (χ1n) is 10.7. The Hall–Kier alpha value is -3.13. The van der Waals surface area contributed by atoms with Gasteiger partial charge in [-0.05, 0) is 43.9 Å². The number of carbonyl (C=O) groups is 1. The first-order chi connectivity index (χ1) is 15.5. The van der Waals surface area contributed by atoms with Gasteiger partial charge in [0, 0.05) is 19.0 Å². The lowest BCUT2D eigenvalue weighted by Gasteiger charge is -2.35. The van der Waals surface area contributed by atoms with Crippen molar-refractivity contribution in [1.82, 2.24) is 19.9 Å². The third kappa shape index (κ3) is 3.79. The van der Waals surface area contributed by atoms with E-state index in [0.717, 1.165) is 40.8 Å². The average molecular weight is 453 g/mol. The summed E-state index contributed by atoms with van der Waals surface area (Å²) < 4.78 is 27.7. The maximum Gasteiger partial charge on any atom is 0.274 e. The van der Waals surface area contributed by atoms with Crippen molar-refractivity contribution in [2.45, 2.75) is 38.6 Å². The Kier molecular flexibility index (Phi) is 5.46. The van der Waals surface area contributed by atoms with Gasteiger partial charge in [0.15, 0.2) is 11.6 Å². The van der Waals surface area contributed by atoms with E-state index in [1.54, 1.807) is 0 Å². The summed E-state index contributed by atoms with van der Waals surface area (Å²) in [4.78, 5) is 28.3. The molecule has 0 bridgehead atoms. The molecular weight excluding hydrogens is 430 g/mol. The number of aryl methyl sites for hydroxylation is 1. The number of aromatic amines is 1. The van der Waals surface area contributed by atoms with Crippen molar-refractivity contribution in [1.29, 1.82) is 0 Å². The molecule has 2 aromatic heterocycles. The van der Waals surface area contributed by atoms with E-state index in [1.807, 2.05) is 42.2 Å². The van der Waals surface area contributed by atoms with Crippen LogP contribution in [0.2, 0.25) is 0 Å². The zero-order valence-corrected chi connectivity index (χ0v) is 18.4. The number of imidazole rings is 1. The first-order valence-corrected chi connectivity index (χ1v) is 11.5. The van der Waals surface area contributed by atoms with Gasteiger partial charge in [0.05, 0.1) is 15.4 Å². The Bertz CT molecular complexity index is 1280. The fourth-order valence-corrected chi connectivity index (χ4v) is 5.28. The van der Waals surface area contributed by atoms with Gasteiger partial charge < -0.3 is 9.88 Å². The highest BCUT2D eigenvalue weighted by Crippen LogP contribution is 2.32. The summed E-state index contributed by atoms with van der Waals surface area (Å²) in [5.41, 5.74) is 1.90. The van der Waals surface area contributed by atoms with Gasteiger partial charge in [-0.1, -0.05) is 30.3 Å². The van der Waals surface area contributed by atoms with Gasteiger partial charge in [0.25, 0.3) is 5.91 Å². The number of nitrogens with zero attached hydrogens (tertiary/aromatic N) is 3. The van der Waals surface area contributed by atoms with Crippen LogP contribution < -0.4 is 0 Å². The van der Waals surface area contributed by atoms with E-state index < -0.39 is 11.6 Å². The van der Waals surface area contributed by atoms with Crippen LogP contribution in [0.1, 0.15) is 40.6 Å². The molecule has 2 aromatic carbocycles. The fraction of sp³-hybridized carbons (Fsp3) is 0.292. The van der Waals surface area contributed by atoms with Crippen LogP contribution in [0.25, 0.3) is 21.5 Å². The molecule has 1 aliphatic rings. The summed E-state index contributed by atoms with van der Waals surface area (Å²) in [5, 5.41) is 0.843. The van der Waals surface area contributed by atoms with E-state index in [-0.39, 0.29) is 17.5 Å². The third-order valence-corrected chi connectivity index (χ3v) is 6.90. The van der Waals surface area contributed by atoms with E-state index in [4.69, 9.17) is 0 Å². The molecule has 1 N–H and O–H groups in total. The van der Waals surface area contributed by atoms with Crippen molar-refractivity contribution >= 4 is 28.3 Å². The number of nitrogens with one attached hydrogen (secondary N) is 1. The molecule has 1 unspecified atom stereocenters. The van der Waals surface area contributed by atoms with Crippen molar-refractivity contribution in [3.05, 3.63) is 70.6 Å². The van der Waals surface area contributed by atoms with Crippen molar-refractivity contribution in [2.24, 2.45) is 0 Å². The van der Waals surface area contributed by atoms with Gasteiger partial charge in [-0.15, -0.1) is 11.3 Å². The normalized spacial score (nSPS) is 16.6. The monoisotopic (exact) mass is 452 g/mol. The second-order valence-corrected chi connectivity index (χ2v) is 9.27. The molecule has 0 radical (unpaired) electrons. The molecule has 1 fully saturated rings. The Balaban J connectivity index is 1.44. The largest absolute Gasteiger partial charge is 0.342 e. The van der Waals surface area contributed by atoms with Crippen LogP contribution >= 0.6 is 11.3 Å². The molecule has 5 nitrogen and oxygen atoms in total. The minimum Gasteiger partial charge on any atom is -0.342 e. The molecule has 1 aliphatic heterocycles. The molecule has 4 aromatic rings. The second-order valence-electron chi connectivity index (χ2n) is 8.07. The lowest BCUT2D eigenvalue weighted by Crippen LogP contribution is -2.45. The molecule has 0 spiro atoms. The van der Waals surface area contributed by atoms with Gasteiger partial charge >= 0.3 is 0 Å². The zero-order chi connectivity index (χ0) is 22.2. The summed E-state index contributed by atoms with van der Waals surface area (Å²) in [6, 6.07) is 12.3. The van der Waals surface area contributed by atoms with Gasteiger partial charge in [0.1, 0.15) is 17.0 Å². The molecule has 1 amide bonds. The number of H-pyrrole nitrogens is 1. The van der Waals surface area contributed by atoms with Crippen LogP contribution in [0.5, 0.6) is 0 Å². The number of rotatable bonds is 4. The summed E-state index contributed by atoms with van der Waals surface area (Å²) in [5.74, 6) is -1.41. The number of hydrogen-bond donors (Lipinski definition) is 1. The molecular formula is C24H22F2N4OS. The standard InChI is InChI=1S/C24H22F2N4OS/c1-14-27-22(23(32-14)15-7-3-2-4-8-15)24(31)30-12-6-5-9-16(30)13-19-28-18-11-10-17(25)20(26)21(18)29-19/h2-4,7-8,10-11,16H,5-6,9,12-13H2,1H3,(H,28,29). The maximum absolute atomic E-state index is 14.1.